The number of hydrogen-bond acceptors (Lipinski definition) is 5. The Balaban J connectivity index is 2.84. The van der Waals surface area contributed by atoms with E-state index in [1.54, 1.807) is 24.5 Å². The van der Waals surface area contributed by atoms with Gasteiger partial charge in [0.2, 0.25) is 5.01 Å². The van der Waals surface area contributed by atoms with Crippen LogP contribution in [0.5, 0.6) is 0 Å². The van der Waals surface area contributed by atoms with Crippen molar-refractivity contribution >= 4 is 23.2 Å². The highest BCUT2D eigenvalue weighted by atomic mass is 32.1. The van der Waals surface area contributed by atoms with E-state index < -0.39 is 5.97 Å². The third-order valence-corrected chi connectivity index (χ3v) is 2.98. The van der Waals surface area contributed by atoms with Crippen LogP contribution in [0.25, 0.3) is 0 Å². The molecule has 0 fully saturated rings. The van der Waals surface area contributed by atoms with Gasteiger partial charge in [-0.05, 0) is 6.92 Å². The number of carbonyl (C=O) groups is 2. The zero-order valence-corrected chi connectivity index (χ0v) is 11.6. The summed E-state index contributed by atoms with van der Waals surface area (Å²) in [5.74, 6) is -0.767. The van der Waals surface area contributed by atoms with Crippen molar-refractivity contribution < 1.29 is 14.3 Å². The van der Waals surface area contributed by atoms with Crippen LogP contribution >= 0.6 is 11.3 Å². The Hall–Kier alpha value is -1.95. The maximum atomic E-state index is 12.1. The first-order chi connectivity index (χ1) is 9.13. The minimum Gasteiger partial charge on any atom is -0.461 e. The fourth-order valence-electron chi connectivity index (χ4n) is 1.37. The van der Waals surface area contributed by atoms with Gasteiger partial charge in [0.25, 0.3) is 5.91 Å². The van der Waals surface area contributed by atoms with Gasteiger partial charge in [-0.3, -0.25) is 4.79 Å². The summed E-state index contributed by atoms with van der Waals surface area (Å²) in [7, 11) is 0. The molecule has 0 bridgehead atoms. The largest absolute Gasteiger partial charge is 0.461 e. The number of ether oxygens (including phenoxy) is 1. The van der Waals surface area contributed by atoms with Crippen LogP contribution in [0.2, 0.25) is 0 Å². The van der Waals surface area contributed by atoms with Gasteiger partial charge in [0, 0.05) is 18.5 Å². The average molecular weight is 280 g/mol. The average Bonchev–Trinajstić information content (AvgIpc) is 2.87. The summed E-state index contributed by atoms with van der Waals surface area (Å²) in [5, 5.41) is 1.73. The molecule has 1 heterocycles. The van der Waals surface area contributed by atoms with Gasteiger partial charge >= 0.3 is 5.97 Å². The molecule has 0 N–H and O–H groups in total. The second-order valence-corrected chi connectivity index (χ2v) is 4.40. The summed E-state index contributed by atoms with van der Waals surface area (Å²) in [6.07, 6.45) is 3.25. The molecule has 102 valence electrons. The summed E-state index contributed by atoms with van der Waals surface area (Å²) >= 11 is 1.09. The molecule has 0 spiro atoms. The SMILES string of the molecule is C=CCN(CC=C)C(=O)c1csc(C(=O)OCC)n1. The zero-order chi connectivity index (χ0) is 14.3. The lowest BCUT2D eigenvalue weighted by Crippen LogP contribution is -2.31. The quantitative estimate of drug-likeness (QED) is 0.567. The number of hydrogen-bond donors (Lipinski definition) is 0. The molecule has 1 amide bonds. The van der Waals surface area contributed by atoms with E-state index in [4.69, 9.17) is 4.74 Å². The zero-order valence-electron chi connectivity index (χ0n) is 10.8. The van der Waals surface area contributed by atoms with Crippen LogP contribution in [0.15, 0.2) is 30.7 Å². The topological polar surface area (TPSA) is 59.5 Å². The number of amides is 1. The Morgan fingerprint density at radius 2 is 2.05 bits per heavy atom. The van der Waals surface area contributed by atoms with Crippen molar-refractivity contribution in [1.29, 1.82) is 0 Å². The monoisotopic (exact) mass is 280 g/mol. The lowest BCUT2D eigenvalue weighted by atomic mass is 10.3. The summed E-state index contributed by atoms with van der Waals surface area (Å²) in [5.41, 5.74) is 0.233. The molecule has 1 rings (SSSR count). The highest BCUT2D eigenvalue weighted by Gasteiger charge is 2.19. The van der Waals surface area contributed by atoms with E-state index in [2.05, 4.69) is 18.1 Å². The van der Waals surface area contributed by atoms with Crippen molar-refractivity contribution in [2.24, 2.45) is 0 Å². The van der Waals surface area contributed by atoms with Gasteiger partial charge < -0.3 is 9.64 Å². The molecule has 1 aromatic rings. The molecule has 6 heteroatoms. The van der Waals surface area contributed by atoms with Crippen molar-refractivity contribution in [3.8, 4) is 0 Å². The van der Waals surface area contributed by atoms with E-state index in [9.17, 15) is 9.59 Å². The van der Waals surface area contributed by atoms with E-state index in [-0.39, 0.29) is 23.2 Å². The Kier molecular flexibility index (Phi) is 5.95. The van der Waals surface area contributed by atoms with Crippen LogP contribution in [0.3, 0.4) is 0 Å². The number of thiazole rings is 1. The van der Waals surface area contributed by atoms with E-state index in [1.807, 2.05) is 0 Å². The Morgan fingerprint density at radius 1 is 1.42 bits per heavy atom. The molecule has 5 nitrogen and oxygen atoms in total. The van der Waals surface area contributed by atoms with Crippen molar-refractivity contribution in [1.82, 2.24) is 9.88 Å². The first-order valence-electron chi connectivity index (χ1n) is 5.77. The molecule has 0 atom stereocenters. The normalized spacial score (nSPS) is 9.74. The third-order valence-electron chi connectivity index (χ3n) is 2.16. The molecule has 0 aliphatic heterocycles. The van der Waals surface area contributed by atoms with Crippen LogP contribution in [0, 0.1) is 0 Å². The van der Waals surface area contributed by atoms with Crippen molar-refractivity contribution in [2.45, 2.75) is 6.92 Å². The molecular formula is C13H16N2O3S. The van der Waals surface area contributed by atoms with Crippen LogP contribution in [-0.2, 0) is 4.74 Å². The molecule has 0 saturated carbocycles. The van der Waals surface area contributed by atoms with Gasteiger partial charge in [0.15, 0.2) is 0 Å². The van der Waals surface area contributed by atoms with Crippen LogP contribution in [0.4, 0.5) is 0 Å². The number of carbonyl (C=O) groups excluding carboxylic acids is 2. The van der Waals surface area contributed by atoms with Gasteiger partial charge in [0.05, 0.1) is 6.61 Å². The van der Waals surface area contributed by atoms with Gasteiger partial charge in [-0.1, -0.05) is 12.2 Å². The van der Waals surface area contributed by atoms with Gasteiger partial charge in [-0.15, -0.1) is 24.5 Å². The minimum absolute atomic E-state index is 0.183. The predicted octanol–water partition coefficient (Wildman–Crippen LogP) is 2.13. The Bertz CT molecular complexity index is 472. The highest BCUT2D eigenvalue weighted by molar-refractivity contribution is 7.11. The molecular weight excluding hydrogens is 264 g/mol. The maximum Gasteiger partial charge on any atom is 0.367 e. The molecule has 19 heavy (non-hydrogen) atoms. The number of esters is 1. The van der Waals surface area contributed by atoms with Gasteiger partial charge in [-0.2, -0.15) is 0 Å². The maximum absolute atomic E-state index is 12.1. The van der Waals surface area contributed by atoms with Crippen LogP contribution in [0.1, 0.15) is 27.2 Å². The van der Waals surface area contributed by atoms with Gasteiger partial charge in [-0.25, -0.2) is 9.78 Å². The predicted molar refractivity (Wildman–Crippen MR) is 74.4 cm³/mol. The molecule has 1 aromatic heterocycles. The van der Waals surface area contributed by atoms with Crippen molar-refractivity contribution in [2.75, 3.05) is 19.7 Å². The minimum atomic E-state index is -0.509. The number of aromatic nitrogens is 1. The summed E-state index contributed by atoms with van der Waals surface area (Å²) in [6, 6.07) is 0. The Morgan fingerprint density at radius 3 is 2.58 bits per heavy atom. The van der Waals surface area contributed by atoms with E-state index in [0.29, 0.717) is 13.1 Å². The first-order valence-corrected chi connectivity index (χ1v) is 6.65. The number of rotatable bonds is 7. The number of nitrogens with zero attached hydrogens (tertiary/aromatic N) is 2. The van der Waals surface area contributed by atoms with Crippen molar-refractivity contribution in [3.63, 3.8) is 0 Å². The van der Waals surface area contributed by atoms with Crippen LogP contribution < -0.4 is 0 Å². The molecule has 0 radical (unpaired) electrons. The summed E-state index contributed by atoms with van der Waals surface area (Å²) in [6.45, 7) is 9.99. The molecule has 0 aliphatic carbocycles. The standard InChI is InChI=1S/C13H16N2O3S/c1-4-7-15(8-5-2)12(16)10-9-19-11(14-10)13(17)18-6-3/h4-5,9H,1-2,6-8H2,3H3. The second-order valence-electron chi connectivity index (χ2n) is 3.55. The fraction of sp³-hybridized carbons (Fsp3) is 0.308. The van der Waals surface area contributed by atoms with E-state index in [1.165, 1.54) is 4.90 Å². The fourth-order valence-corrected chi connectivity index (χ4v) is 2.06. The summed E-state index contributed by atoms with van der Waals surface area (Å²) in [4.78, 5) is 29.1. The first kappa shape index (κ1) is 15.1. The van der Waals surface area contributed by atoms with Crippen LogP contribution in [-0.4, -0.2) is 41.5 Å². The molecule has 0 aromatic carbocycles. The van der Waals surface area contributed by atoms with Crippen molar-refractivity contribution in [3.05, 3.63) is 41.4 Å². The van der Waals surface area contributed by atoms with E-state index in [0.717, 1.165) is 11.3 Å². The molecule has 0 unspecified atom stereocenters. The lowest BCUT2D eigenvalue weighted by molar-refractivity contribution is 0.0526. The smallest absolute Gasteiger partial charge is 0.367 e. The summed E-state index contributed by atoms with van der Waals surface area (Å²) < 4.78 is 4.83. The van der Waals surface area contributed by atoms with Gasteiger partial charge in [0.1, 0.15) is 5.69 Å². The third kappa shape index (κ3) is 4.03. The lowest BCUT2D eigenvalue weighted by Gasteiger charge is -2.17. The second kappa shape index (κ2) is 7.48. The Labute approximate surface area is 116 Å². The molecule has 0 saturated heterocycles. The molecule has 0 aliphatic rings. The van der Waals surface area contributed by atoms with E-state index >= 15 is 0 Å². The highest BCUT2D eigenvalue weighted by Crippen LogP contribution is 2.13.